The Kier molecular flexibility index (Phi) is 5.89. The molecule has 1 heterocycles. The molecular weight excluding hydrogens is 433 g/mol. The van der Waals surface area contributed by atoms with Crippen molar-refractivity contribution in [2.45, 2.75) is 44.6 Å². The molecule has 4 nitrogen and oxygen atoms in total. The number of likely N-dealkylation sites (tertiary alicyclic amines) is 1. The molecule has 0 saturated carbocycles. The van der Waals surface area contributed by atoms with Crippen LogP contribution in [0.2, 0.25) is 10.0 Å². The number of piperidine rings is 1. The van der Waals surface area contributed by atoms with E-state index in [1.165, 1.54) is 0 Å². The summed E-state index contributed by atoms with van der Waals surface area (Å²) in [4.78, 5) is 27.1. The molecule has 1 aliphatic carbocycles. The molecule has 0 spiro atoms. The predicted molar refractivity (Wildman–Crippen MR) is 123 cm³/mol. The highest BCUT2D eigenvalue weighted by molar-refractivity contribution is 6.34. The molecule has 0 radical (unpaired) electrons. The van der Waals surface area contributed by atoms with Gasteiger partial charge >= 0.3 is 5.97 Å². The van der Waals surface area contributed by atoms with Gasteiger partial charge in [0, 0.05) is 22.2 Å². The zero-order valence-electron chi connectivity index (χ0n) is 17.4. The number of hydrogen-bond acceptors (Lipinski definition) is 2. The number of carboxylic acids is 1. The lowest BCUT2D eigenvalue weighted by molar-refractivity contribution is -0.157. The summed E-state index contributed by atoms with van der Waals surface area (Å²) >= 11 is 13.0. The highest BCUT2D eigenvalue weighted by Crippen LogP contribution is 2.49. The zero-order valence-corrected chi connectivity index (χ0v) is 18.9. The van der Waals surface area contributed by atoms with Gasteiger partial charge < -0.3 is 10.0 Å². The Morgan fingerprint density at radius 3 is 2.61 bits per heavy atom. The van der Waals surface area contributed by atoms with Crippen LogP contribution in [0.5, 0.6) is 0 Å². The third-order valence-corrected chi connectivity index (χ3v) is 7.12. The number of carbonyl (C=O) groups excluding carboxylic acids is 1. The molecule has 1 aliphatic heterocycles. The average Bonchev–Trinajstić information content (AvgIpc) is 3.20. The van der Waals surface area contributed by atoms with E-state index >= 15 is 0 Å². The number of hydrogen-bond donors (Lipinski definition) is 1. The first-order valence-corrected chi connectivity index (χ1v) is 11.3. The van der Waals surface area contributed by atoms with Crippen LogP contribution in [0.4, 0.5) is 0 Å². The fourth-order valence-corrected chi connectivity index (χ4v) is 5.60. The van der Waals surface area contributed by atoms with Crippen LogP contribution >= 0.6 is 23.2 Å². The van der Waals surface area contributed by atoms with Crippen LogP contribution in [0.1, 0.15) is 44.6 Å². The van der Waals surface area contributed by atoms with Crippen LogP contribution in [0.3, 0.4) is 0 Å². The summed E-state index contributed by atoms with van der Waals surface area (Å²) < 4.78 is 0. The van der Waals surface area contributed by atoms with Crippen LogP contribution in [-0.4, -0.2) is 28.4 Å². The zero-order chi connectivity index (χ0) is 22.2. The number of rotatable bonds is 5. The Morgan fingerprint density at radius 2 is 1.94 bits per heavy atom. The lowest BCUT2D eigenvalue weighted by Crippen LogP contribution is -2.56. The molecule has 2 atom stereocenters. The monoisotopic (exact) mass is 457 g/mol. The minimum Gasteiger partial charge on any atom is -0.481 e. The van der Waals surface area contributed by atoms with Gasteiger partial charge in [0.25, 0.3) is 0 Å². The van der Waals surface area contributed by atoms with Crippen molar-refractivity contribution in [3.63, 3.8) is 0 Å². The van der Waals surface area contributed by atoms with Crippen molar-refractivity contribution in [3.8, 4) is 11.1 Å². The molecule has 2 aromatic carbocycles. The second kappa shape index (κ2) is 8.33. The number of benzene rings is 2. The third kappa shape index (κ3) is 3.88. The van der Waals surface area contributed by atoms with Crippen LogP contribution in [0.15, 0.2) is 54.6 Å². The van der Waals surface area contributed by atoms with Gasteiger partial charge in [-0.2, -0.15) is 0 Å². The van der Waals surface area contributed by atoms with Gasteiger partial charge in [-0.15, -0.1) is 0 Å². The van der Waals surface area contributed by atoms with Crippen molar-refractivity contribution in [1.82, 2.24) is 4.90 Å². The van der Waals surface area contributed by atoms with Gasteiger partial charge in [0.15, 0.2) is 0 Å². The molecule has 1 amide bonds. The second-order valence-corrected chi connectivity index (χ2v) is 9.57. The van der Waals surface area contributed by atoms with Crippen molar-refractivity contribution in [2.75, 3.05) is 6.54 Å². The highest BCUT2D eigenvalue weighted by atomic mass is 35.5. The Balaban J connectivity index is 1.87. The molecular formula is C25H25Cl2NO3. The molecule has 2 aliphatic rings. The molecule has 0 bridgehead atoms. The molecule has 6 heteroatoms. The summed E-state index contributed by atoms with van der Waals surface area (Å²) in [5.41, 5.74) is 1.12. The summed E-state index contributed by atoms with van der Waals surface area (Å²) in [5, 5.41) is 10.6. The number of aliphatic carboxylic acids is 1. The van der Waals surface area contributed by atoms with E-state index in [0.717, 1.165) is 36.0 Å². The van der Waals surface area contributed by atoms with Gasteiger partial charge in [-0.1, -0.05) is 66.5 Å². The van der Waals surface area contributed by atoms with E-state index in [9.17, 15) is 14.7 Å². The minimum atomic E-state index is -0.948. The molecule has 31 heavy (non-hydrogen) atoms. The van der Waals surface area contributed by atoms with E-state index in [0.29, 0.717) is 23.0 Å². The summed E-state index contributed by atoms with van der Waals surface area (Å²) in [5.74, 6) is -1.05. The highest BCUT2D eigenvalue weighted by Gasteiger charge is 2.50. The van der Waals surface area contributed by atoms with Gasteiger partial charge in [-0.25, -0.2) is 0 Å². The SMILES string of the molecule is CC1(CC(=O)O)CCCN(C2(c3cccc(Cl)c3-c3cccc(Cl)c3)C=CCC2)C1=O. The van der Waals surface area contributed by atoms with Gasteiger partial charge in [0.05, 0.1) is 17.4 Å². The van der Waals surface area contributed by atoms with Gasteiger partial charge in [-0.3, -0.25) is 9.59 Å². The Bertz CT molecular complexity index is 1070. The van der Waals surface area contributed by atoms with Crippen LogP contribution in [-0.2, 0) is 15.1 Å². The first-order valence-electron chi connectivity index (χ1n) is 10.5. The number of halogens is 2. The van der Waals surface area contributed by atoms with Crippen LogP contribution in [0, 0.1) is 5.41 Å². The molecule has 2 unspecified atom stereocenters. The van der Waals surface area contributed by atoms with E-state index in [-0.39, 0.29) is 12.3 Å². The average molecular weight is 458 g/mol. The van der Waals surface area contributed by atoms with Crippen LogP contribution in [0.25, 0.3) is 11.1 Å². The number of amides is 1. The van der Waals surface area contributed by atoms with Gasteiger partial charge in [0.1, 0.15) is 0 Å². The predicted octanol–water partition coefficient (Wildman–Crippen LogP) is 6.31. The molecule has 1 N–H and O–H groups in total. The summed E-state index contributed by atoms with van der Waals surface area (Å²) in [7, 11) is 0. The van der Waals surface area contributed by atoms with E-state index < -0.39 is 16.9 Å². The topological polar surface area (TPSA) is 57.6 Å². The number of nitrogens with zero attached hydrogens (tertiary/aromatic N) is 1. The quantitative estimate of drug-likeness (QED) is 0.535. The first-order chi connectivity index (χ1) is 14.8. The van der Waals surface area contributed by atoms with Crippen molar-refractivity contribution >= 4 is 35.1 Å². The van der Waals surface area contributed by atoms with Crippen molar-refractivity contribution < 1.29 is 14.7 Å². The minimum absolute atomic E-state index is 0.107. The fourth-order valence-electron chi connectivity index (χ4n) is 5.12. The van der Waals surface area contributed by atoms with E-state index in [1.807, 2.05) is 47.4 Å². The summed E-state index contributed by atoms with van der Waals surface area (Å²) in [6, 6.07) is 13.3. The summed E-state index contributed by atoms with van der Waals surface area (Å²) in [6.07, 6.45) is 6.93. The maximum atomic E-state index is 13.7. The van der Waals surface area contributed by atoms with E-state index in [4.69, 9.17) is 23.2 Å². The first kappa shape index (κ1) is 21.9. The van der Waals surface area contributed by atoms with E-state index in [1.54, 1.807) is 6.92 Å². The fraction of sp³-hybridized carbons (Fsp3) is 0.360. The standard InChI is InChI=1S/C25H25Cl2NO3/c1-24(16-21(29)30)11-6-14-28(23(24)31)25(12-2-3-13-25)19-9-5-10-20(27)22(19)17-7-4-8-18(26)15-17/h2,4-5,7-10,12,15H,3,6,11,13-14,16H2,1H3,(H,29,30). The maximum absolute atomic E-state index is 13.7. The molecule has 1 saturated heterocycles. The number of carbonyl (C=O) groups is 2. The van der Waals surface area contributed by atoms with Crippen LogP contribution < -0.4 is 0 Å². The van der Waals surface area contributed by atoms with E-state index in [2.05, 4.69) is 12.2 Å². The normalized spacial score (nSPS) is 25.8. The van der Waals surface area contributed by atoms with Crippen molar-refractivity contribution in [2.24, 2.45) is 5.41 Å². The van der Waals surface area contributed by atoms with Crippen molar-refractivity contribution in [1.29, 1.82) is 0 Å². The van der Waals surface area contributed by atoms with Gasteiger partial charge in [-0.05, 0) is 55.0 Å². The lowest BCUT2D eigenvalue weighted by Gasteiger charge is -2.48. The molecule has 1 fully saturated rings. The summed E-state index contributed by atoms with van der Waals surface area (Å²) in [6.45, 7) is 2.36. The largest absolute Gasteiger partial charge is 0.481 e. The second-order valence-electron chi connectivity index (χ2n) is 8.73. The molecule has 4 rings (SSSR count). The third-order valence-electron chi connectivity index (χ3n) is 6.57. The number of carboxylic acid groups (broad SMARTS) is 1. The molecule has 162 valence electrons. The molecule has 2 aromatic rings. The Labute approximate surface area is 192 Å². The van der Waals surface area contributed by atoms with Gasteiger partial charge in [0.2, 0.25) is 5.91 Å². The smallest absolute Gasteiger partial charge is 0.304 e. The molecule has 0 aromatic heterocycles. The lowest BCUT2D eigenvalue weighted by atomic mass is 9.74. The van der Waals surface area contributed by atoms with Crippen molar-refractivity contribution in [3.05, 3.63) is 70.2 Å². The number of allylic oxidation sites excluding steroid dienone is 1. The maximum Gasteiger partial charge on any atom is 0.304 e. The Morgan fingerprint density at radius 1 is 1.16 bits per heavy atom. The Hall–Kier alpha value is -2.30.